The van der Waals surface area contributed by atoms with Gasteiger partial charge < -0.3 is 10.2 Å². The molecule has 0 saturated heterocycles. The maximum Gasteiger partial charge on any atom is 0.416 e. The van der Waals surface area contributed by atoms with Crippen LogP contribution in [0.4, 0.5) is 18.9 Å². The number of hydrogen-bond donors (Lipinski definition) is 1. The van der Waals surface area contributed by atoms with Crippen LogP contribution < -0.4 is 9.62 Å². The van der Waals surface area contributed by atoms with Gasteiger partial charge in [0.2, 0.25) is 21.8 Å². The lowest BCUT2D eigenvalue weighted by molar-refractivity contribution is -0.139. The monoisotopic (exact) mass is 615 g/mol. The number of carbonyl (C=O) groups excluding carboxylic acids is 2. The molecule has 0 saturated carbocycles. The fourth-order valence-corrected chi connectivity index (χ4v) is 4.95. The number of amides is 2. The quantitative estimate of drug-likeness (QED) is 0.368. The Morgan fingerprint density at radius 3 is 2.18 bits per heavy atom. The van der Waals surface area contributed by atoms with Gasteiger partial charge in [0.15, 0.2) is 0 Å². The van der Waals surface area contributed by atoms with E-state index >= 15 is 0 Å². The molecule has 0 fully saturated rings. The third kappa shape index (κ3) is 8.39. The van der Waals surface area contributed by atoms with Gasteiger partial charge in [-0.3, -0.25) is 13.9 Å². The van der Waals surface area contributed by atoms with Gasteiger partial charge in [0, 0.05) is 22.6 Å². The zero-order valence-electron chi connectivity index (χ0n) is 20.9. The molecule has 0 aliphatic heterocycles. The minimum atomic E-state index is -4.79. The van der Waals surface area contributed by atoms with Gasteiger partial charge in [0.25, 0.3) is 0 Å². The van der Waals surface area contributed by atoms with E-state index in [-0.39, 0.29) is 22.6 Å². The van der Waals surface area contributed by atoms with Crippen molar-refractivity contribution in [1.82, 2.24) is 10.2 Å². The van der Waals surface area contributed by atoms with Gasteiger partial charge in [-0.05, 0) is 56.2 Å². The molecule has 14 heteroatoms. The number of nitrogens with one attached hydrogen (secondary N) is 1. The summed E-state index contributed by atoms with van der Waals surface area (Å²) >= 11 is 18.3. The van der Waals surface area contributed by atoms with E-state index in [4.69, 9.17) is 34.8 Å². The molecule has 0 unspecified atom stereocenters. The highest BCUT2D eigenvalue weighted by Crippen LogP contribution is 2.36. The summed E-state index contributed by atoms with van der Waals surface area (Å²) < 4.78 is 65.8. The molecule has 0 heterocycles. The largest absolute Gasteiger partial charge is 0.416 e. The summed E-state index contributed by atoms with van der Waals surface area (Å²) in [5, 5.41) is 2.98. The van der Waals surface area contributed by atoms with Crippen molar-refractivity contribution in [2.24, 2.45) is 0 Å². The van der Waals surface area contributed by atoms with E-state index in [1.807, 2.05) is 6.92 Å². The Morgan fingerprint density at radius 1 is 1.03 bits per heavy atom. The third-order valence-corrected chi connectivity index (χ3v) is 7.78. The van der Waals surface area contributed by atoms with Gasteiger partial charge in [0.1, 0.15) is 12.6 Å². The minimum absolute atomic E-state index is 0.200. The van der Waals surface area contributed by atoms with Crippen LogP contribution in [0, 0.1) is 0 Å². The first-order valence-corrected chi connectivity index (χ1v) is 14.3. The molecule has 2 amide bonds. The van der Waals surface area contributed by atoms with Crippen LogP contribution in [0.1, 0.15) is 38.3 Å². The van der Waals surface area contributed by atoms with Crippen LogP contribution in [0.15, 0.2) is 36.4 Å². The number of nitrogens with zero attached hydrogens (tertiary/aromatic N) is 2. The van der Waals surface area contributed by atoms with E-state index in [2.05, 4.69) is 5.32 Å². The Kier molecular flexibility index (Phi) is 10.7. The number of benzene rings is 2. The molecule has 0 aliphatic carbocycles. The second kappa shape index (κ2) is 12.8. The van der Waals surface area contributed by atoms with Crippen molar-refractivity contribution in [2.45, 2.75) is 52.0 Å². The summed E-state index contributed by atoms with van der Waals surface area (Å²) in [5.74, 6) is -1.39. The predicted octanol–water partition coefficient (Wildman–Crippen LogP) is 5.76. The Balaban J connectivity index is 2.53. The Hall–Kier alpha value is -2.21. The molecule has 2 aromatic rings. The minimum Gasteiger partial charge on any atom is -0.352 e. The molecule has 0 aromatic heterocycles. The normalized spacial score (nSPS) is 13.5. The number of alkyl halides is 3. The highest BCUT2D eigenvalue weighted by atomic mass is 35.5. The molecular formula is C24H27Cl3F3N3O4S. The fourth-order valence-electron chi connectivity index (χ4n) is 3.36. The number of carbonyl (C=O) groups is 2. The van der Waals surface area contributed by atoms with Crippen LogP contribution in [0.25, 0.3) is 0 Å². The molecule has 0 bridgehead atoms. The van der Waals surface area contributed by atoms with Gasteiger partial charge in [-0.2, -0.15) is 13.2 Å². The van der Waals surface area contributed by atoms with Crippen LogP contribution in [0.5, 0.6) is 0 Å². The van der Waals surface area contributed by atoms with Crippen LogP contribution in [0.3, 0.4) is 0 Å². The van der Waals surface area contributed by atoms with Crippen molar-refractivity contribution in [3.05, 3.63) is 62.6 Å². The average molecular weight is 617 g/mol. The summed E-state index contributed by atoms with van der Waals surface area (Å²) in [7, 11) is -4.30. The average Bonchev–Trinajstić information content (AvgIpc) is 2.80. The Bertz CT molecular complexity index is 1290. The lowest BCUT2D eigenvalue weighted by atomic mass is 10.1. The molecule has 1 N–H and O–H groups in total. The van der Waals surface area contributed by atoms with E-state index in [1.165, 1.54) is 19.1 Å². The zero-order valence-corrected chi connectivity index (χ0v) is 24.0. The SMILES string of the molecule is CC[C@@H](C)NC(=O)[C@H](C)N(Cc1ccc(Cl)cc1Cl)C(=O)CN(c1cc(C(F)(F)F)ccc1Cl)S(C)(=O)=O. The van der Waals surface area contributed by atoms with E-state index in [9.17, 15) is 31.2 Å². The van der Waals surface area contributed by atoms with E-state index in [0.717, 1.165) is 17.2 Å². The van der Waals surface area contributed by atoms with Crippen molar-refractivity contribution < 1.29 is 31.2 Å². The van der Waals surface area contributed by atoms with Crippen LogP contribution in [0.2, 0.25) is 15.1 Å². The third-order valence-electron chi connectivity index (χ3n) is 5.75. The van der Waals surface area contributed by atoms with Gasteiger partial charge >= 0.3 is 6.18 Å². The molecular weight excluding hydrogens is 590 g/mol. The lowest BCUT2D eigenvalue weighted by Crippen LogP contribution is -2.52. The molecule has 0 aliphatic rings. The van der Waals surface area contributed by atoms with E-state index < -0.39 is 51.9 Å². The highest BCUT2D eigenvalue weighted by molar-refractivity contribution is 7.92. The van der Waals surface area contributed by atoms with Crippen molar-refractivity contribution >= 4 is 62.3 Å². The first-order chi connectivity index (χ1) is 17.4. The molecule has 2 rings (SSSR count). The second-order valence-electron chi connectivity index (χ2n) is 8.68. The molecule has 2 atom stereocenters. The van der Waals surface area contributed by atoms with Crippen molar-refractivity contribution in [1.29, 1.82) is 0 Å². The summed E-state index contributed by atoms with van der Waals surface area (Å²) in [6.07, 6.45) is -3.44. The summed E-state index contributed by atoms with van der Waals surface area (Å²) in [5.41, 5.74) is -1.27. The topological polar surface area (TPSA) is 86.8 Å². The van der Waals surface area contributed by atoms with Crippen LogP contribution in [-0.2, 0) is 32.3 Å². The molecule has 2 aromatic carbocycles. The van der Waals surface area contributed by atoms with Crippen LogP contribution >= 0.6 is 34.8 Å². The number of hydrogen-bond acceptors (Lipinski definition) is 4. The van der Waals surface area contributed by atoms with E-state index in [0.29, 0.717) is 33.4 Å². The zero-order chi connectivity index (χ0) is 29.0. The molecule has 38 heavy (non-hydrogen) atoms. The van der Waals surface area contributed by atoms with Gasteiger partial charge in [-0.1, -0.05) is 47.8 Å². The number of sulfonamides is 1. The Morgan fingerprint density at radius 2 is 1.66 bits per heavy atom. The number of halogens is 6. The summed E-state index contributed by atoms with van der Waals surface area (Å²) in [6, 6.07) is 5.36. The Labute approximate surface area is 234 Å². The van der Waals surface area contributed by atoms with Crippen LogP contribution in [-0.4, -0.2) is 50.0 Å². The standard InChI is InChI=1S/C24H27Cl3F3N3O4S/c1-5-14(2)31-23(35)15(3)32(12-16-6-8-18(25)11-20(16)27)22(34)13-33(38(4,36)37)21-10-17(24(28,29)30)7-9-19(21)26/h6-11,14-15H,5,12-13H2,1-4H3,(H,31,35)/t14-,15+/m1/s1. The van der Waals surface area contributed by atoms with E-state index in [1.54, 1.807) is 13.0 Å². The maximum absolute atomic E-state index is 13.6. The van der Waals surface area contributed by atoms with Gasteiger partial charge in [-0.25, -0.2) is 8.42 Å². The predicted molar refractivity (Wildman–Crippen MR) is 143 cm³/mol. The van der Waals surface area contributed by atoms with Crippen molar-refractivity contribution in [3.8, 4) is 0 Å². The lowest BCUT2D eigenvalue weighted by Gasteiger charge is -2.32. The fraction of sp³-hybridized carbons (Fsp3) is 0.417. The maximum atomic E-state index is 13.6. The van der Waals surface area contributed by atoms with Crippen molar-refractivity contribution in [2.75, 3.05) is 17.1 Å². The van der Waals surface area contributed by atoms with Gasteiger partial charge in [0.05, 0.1) is 22.5 Å². The molecule has 210 valence electrons. The number of rotatable bonds is 10. The molecule has 0 spiro atoms. The number of anilines is 1. The highest BCUT2D eigenvalue weighted by Gasteiger charge is 2.35. The summed E-state index contributed by atoms with van der Waals surface area (Å²) in [4.78, 5) is 27.6. The molecule has 7 nitrogen and oxygen atoms in total. The molecule has 0 radical (unpaired) electrons. The second-order valence-corrected chi connectivity index (χ2v) is 11.8. The first-order valence-electron chi connectivity index (χ1n) is 11.3. The van der Waals surface area contributed by atoms with Crippen molar-refractivity contribution in [3.63, 3.8) is 0 Å². The smallest absolute Gasteiger partial charge is 0.352 e. The van der Waals surface area contributed by atoms with Gasteiger partial charge in [-0.15, -0.1) is 0 Å². The summed E-state index contributed by atoms with van der Waals surface area (Å²) in [6.45, 7) is 3.94. The first kappa shape index (κ1) is 32.0.